The quantitative estimate of drug-likeness (QED) is 0.496. The van der Waals surface area contributed by atoms with Gasteiger partial charge >= 0.3 is 5.69 Å². The van der Waals surface area contributed by atoms with Gasteiger partial charge in [0.2, 0.25) is 0 Å². The van der Waals surface area contributed by atoms with Gasteiger partial charge in [-0.3, -0.25) is 9.78 Å². The van der Waals surface area contributed by atoms with E-state index in [4.69, 9.17) is 0 Å². The van der Waals surface area contributed by atoms with Crippen LogP contribution in [-0.4, -0.2) is 15.9 Å². The molecule has 0 fully saturated rings. The Morgan fingerprint density at radius 3 is 2.86 bits per heavy atom. The molecule has 1 aromatic rings. The second kappa shape index (κ2) is 4.64. The molecular formula is C8H6N2O4. The van der Waals surface area contributed by atoms with Crippen LogP contribution in [0.15, 0.2) is 28.3 Å². The number of aromatic amines is 2. The molecule has 6 heteroatoms. The van der Waals surface area contributed by atoms with Crippen LogP contribution in [0.2, 0.25) is 0 Å². The minimum atomic E-state index is -0.583. The first kappa shape index (κ1) is 9.76. The Labute approximate surface area is 77.5 Å². The molecule has 0 aliphatic carbocycles. The third-order valence-electron chi connectivity index (χ3n) is 1.29. The average Bonchev–Trinajstić information content (AvgIpc) is 2.15. The molecule has 0 saturated carbocycles. The fourth-order valence-corrected chi connectivity index (χ4v) is 0.724. The van der Waals surface area contributed by atoms with E-state index in [2.05, 4.69) is 9.72 Å². The number of nitrogens with one attached hydrogen (secondary N) is 2. The highest BCUT2D eigenvalue weighted by atomic mass is 16.5. The molecule has 72 valence electrons. The first-order valence-corrected chi connectivity index (χ1v) is 3.57. The third kappa shape index (κ3) is 2.62. The van der Waals surface area contributed by atoms with E-state index in [-0.39, 0.29) is 5.56 Å². The summed E-state index contributed by atoms with van der Waals surface area (Å²) in [4.78, 5) is 35.6. The first-order valence-electron chi connectivity index (χ1n) is 3.57. The molecule has 0 aliphatic rings. The fourth-order valence-electron chi connectivity index (χ4n) is 0.724. The molecule has 1 heterocycles. The molecule has 0 amide bonds. The minimum absolute atomic E-state index is 0.212. The Balaban J connectivity index is 2.87. The molecule has 1 rings (SSSR count). The van der Waals surface area contributed by atoms with Gasteiger partial charge in [0.25, 0.3) is 5.56 Å². The van der Waals surface area contributed by atoms with E-state index >= 15 is 0 Å². The lowest BCUT2D eigenvalue weighted by atomic mass is 10.3. The van der Waals surface area contributed by atoms with Crippen molar-refractivity contribution >= 4 is 12.0 Å². The predicted molar refractivity (Wildman–Crippen MR) is 48.1 cm³/mol. The van der Waals surface area contributed by atoms with Crippen LogP contribution in [0.4, 0.5) is 0 Å². The summed E-state index contributed by atoms with van der Waals surface area (Å²) < 4.78 is 4.50. The number of ether oxygens (including phenoxy) is 1. The van der Waals surface area contributed by atoms with E-state index in [1.54, 1.807) is 0 Å². The normalized spacial score (nSPS) is 9.71. The van der Waals surface area contributed by atoms with Gasteiger partial charge < -0.3 is 9.72 Å². The van der Waals surface area contributed by atoms with Gasteiger partial charge in [-0.15, -0.1) is 0 Å². The molecule has 1 aromatic heterocycles. The lowest BCUT2D eigenvalue weighted by molar-refractivity contribution is 0.406. The second-order valence-electron chi connectivity index (χ2n) is 2.20. The second-order valence-corrected chi connectivity index (χ2v) is 2.20. The molecule has 0 unspecified atom stereocenters. The highest BCUT2D eigenvalue weighted by Crippen LogP contribution is 1.89. The molecule has 0 bridgehead atoms. The van der Waals surface area contributed by atoms with Crippen molar-refractivity contribution in [3.05, 3.63) is 45.1 Å². The molecule has 0 aliphatic heterocycles. The summed E-state index contributed by atoms with van der Waals surface area (Å²) in [6.45, 7) is 0. The molecule has 0 saturated heterocycles. The third-order valence-corrected chi connectivity index (χ3v) is 1.29. The molecule has 0 radical (unpaired) electrons. The predicted octanol–water partition coefficient (Wildman–Crippen LogP) is -0.604. The number of carbonyl (C=O) groups excluding carboxylic acids is 1. The lowest BCUT2D eigenvalue weighted by Gasteiger charge is -1.89. The number of rotatable bonds is 3. The monoisotopic (exact) mass is 194 g/mol. The Hall–Kier alpha value is -2.33. The smallest absolute Gasteiger partial charge is 0.325 e. The Kier molecular flexibility index (Phi) is 3.23. The van der Waals surface area contributed by atoms with Crippen LogP contribution in [0.1, 0.15) is 5.56 Å². The van der Waals surface area contributed by atoms with Crippen molar-refractivity contribution < 1.29 is 9.53 Å². The molecule has 6 nitrogen and oxygen atoms in total. The van der Waals surface area contributed by atoms with Crippen molar-refractivity contribution in [1.82, 2.24) is 9.97 Å². The van der Waals surface area contributed by atoms with Crippen LogP contribution in [0.25, 0.3) is 6.08 Å². The van der Waals surface area contributed by atoms with Crippen LogP contribution < -0.4 is 11.2 Å². The van der Waals surface area contributed by atoms with Crippen molar-refractivity contribution in [2.75, 3.05) is 0 Å². The van der Waals surface area contributed by atoms with Crippen LogP contribution in [-0.2, 0) is 9.53 Å². The average molecular weight is 194 g/mol. The number of aromatic nitrogens is 2. The molecule has 2 N–H and O–H groups in total. The summed E-state index contributed by atoms with van der Waals surface area (Å²) in [5.41, 5.74) is -0.909. The number of hydrogen-bond acceptors (Lipinski definition) is 4. The molecule has 0 aromatic carbocycles. The van der Waals surface area contributed by atoms with Gasteiger partial charge in [-0.05, 0) is 6.08 Å². The molecular weight excluding hydrogens is 188 g/mol. The maximum absolute atomic E-state index is 11.0. The van der Waals surface area contributed by atoms with Crippen molar-refractivity contribution in [2.45, 2.75) is 0 Å². The highest BCUT2D eigenvalue weighted by molar-refractivity contribution is 5.46. The minimum Gasteiger partial charge on any atom is -0.461 e. The standard InChI is InChI=1S/C8H6N2O4/c11-2-4-14-3-1-6-5-9-8(13)10-7(6)12/h1,3-5H,(H2,9,10,12,13). The highest BCUT2D eigenvalue weighted by Gasteiger charge is 1.93. The number of H-pyrrole nitrogens is 2. The summed E-state index contributed by atoms with van der Waals surface area (Å²) in [7, 11) is 0. The zero-order valence-electron chi connectivity index (χ0n) is 6.94. The largest absolute Gasteiger partial charge is 0.461 e. The summed E-state index contributed by atoms with van der Waals surface area (Å²) in [6, 6.07) is 0. The van der Waals surface area contributed by atoms with Gasteiger partial charge in [0.1, 0.15) is 0 Å². The summed E-state index contributed by atoms with van der Waals surface area (Å²) >= 11 is 0. The van der Waals surface area contributed by atoms with Gasteiger partial charge in [-0.2, -0.15) is 0 Å². The van der Waals surface area contributed by atoms with Crippen molar-refractivity contribution in [2.24, 2.45) is 0 Å². The molecule has 14 heavy (non-hydrogen) atoms. The summed E-state index contributed by atoms with van der Waals surface area (Å²) in [6.07, 6.45) is 4.43. The SMILES string of the molecule is O=C=COC=Cc1c[nH]c(=O)[nH]c1=O. The van der Waals surface area contributed by atoms with Gasteiger partial charge in [0.05, 0.1) is 11.8 Å². The molecule has 0 atom stereocenters. The zero-order chi connectivity index (χ0) is 10.4. The van der Waals surface area contributed by atoms with Crippen LogP contribution in [0.5, 0.6) is 0 Å². The van der Waals surface area contributed by atoms with Gasteiger partial charge in [-0.1, -0.05) is 0 Å². The van der Waals surface area contributed by atoms with E-state index in [0.717, 1.165) is 12.5 Å². The zero-order valence-corrected chi connectivity index (χ0v) is 6.94. The van der Waals surface area contributed by atoms with Crippen LogP contribution in [0, 0.1) is 0 Å². The van der Waals surface area contributed by atoms with Crippen molar-refractivity contribution in [3.63, 3.8) is 0 Å². The van der Waals surface area contributed by atoms with Crippen molar-refractivity contribution in [1.29, 1.82) is 0 Å². The molecule has 0 spiro atoms. The van der Waals surface area contributed by atoms with E-state index in [1.807, 2.05) is 4.98 Å². The van der Waals surface area contributed by atoms with Crippen molar-refractivity contribution in [3.8, 4) is 0 Å². The Morgan fingerprint density at radius 2 is 2.21 bits per heavy atom. The Bertz CT molecular complexity index is 491. The first-order chi connectivity index (χ1) is 6.74. The van der Waals surface area contributed by atoms with E-state index in [9.17, 15) is 14.4 Å². The lowest BCUT2D eigenvalue weighted by Crippen LogP contribution is -2.22. The summed E-state index contributed by atoms with van der Waals surface area (Å²) in [5, 5.41) is 0. The summed E-state index contributed by atoms with van der Waals surface area (Å²) in [5.74, 6) is 1.39. The van der Waals surface area contributed by atoms with Crippen LogP contribution in [0.3, 0.4) is 0 Å². The van der Waals surface area contributed by atoms with Gasteiger partial charge in [0, 0.05) is 6.20 Å². The fraction of sp³-hybridized carbons (Fsp3) is 0. The number of hydrogen-bond donors (Lipinski definition) is 2. The topological polar surface area (TPSA) is 92.0 Å². The Morgan fingerprint density at radius 1 is 1.43 bits per heavy atom. The van der Waals surface area contributed by atoms with E-state index in [1.165, 1.54) is 18.2 Å². The van der Waals surface area contributed by atoms with Crippen LogP contribution >= 0.6 is 0 Å². The maximum Gasteiger partial charge on any atom is 0.325 e. The van der Waals surface area contributed by atoms with E-state index in [0.29, 0.717) is 0 Å². The maximum atomic E-state index is 11.0. The van der Waals surface area contributed by atoms with Gasteiger partial charge in [0.15, 0.2) is 12.2 Å². The van der Waals surface area contributed by atoms with Gasteiger partial charge in [-0.25, -0.2) is 9.59 Å². The van der Waals surface area contributed by atoms with E-state index < -0.39 is 11.2 Å².